The van der Waals surface area contributed by atoms with Gasteiger partial charge in [-0.1, -0.05) is 134 Å². The number of hydrogen-bond donors (Lipinski definition) is 0. The lowest BCUT2D eigenvalue weighted by Gasteiger charge is -2.51. The monoisotopic (exact) mass is 832 g/mol. The highest BCUT2D eigenvalue weighted by Gasteiger charge is 2.58. The van der Waals surface area contributed by atoms with Crippen LogP contribution < -0.4 is 0 Å². The van der Waals surface area contributed by atoms with Gasteiger partial charge in [-0.3, -0.25) is 4.79 Å². The summed E-state index contributed by atoms with van der Waals surface area (Å²) in [6, 6.07) is 42.6. The molecule has 0 amide bonds. The fourth-order valence-electron chi connectivity index (χ4n) is 6.62. The highest BCUT2D eigenvalue weighted by Crippen LogP contribution is 2.44. The Morgan fingerprint density at radius 3 is 2.27 bits per heavy atom. The van der Waals surface area contributed by atoms with Crippen LogP contribution in [0.4, 0.5) is 0 Å². The first-order chi connectivity index (χ1) is 25.0. The zero-order valence-corrected chi connectivity index (χ0v) is 32.2. The minimum absolute atomic E-state index is 0.171. The van der Waals surface area contributed by atoms with Gasteiger partial charge >= 0.3 is 0 Å². The van der Waals surface area contributed by atoms with E-state index in [1.54, 1.807) is 11.8 Å². The molecule has 2 fully saturated rings. The van der Waals surface area contributed by atoms with Gasteiger partial charge < -0.3 is 23.7 Å². The zero-order valence-electron chi connectivity index (χ0n) is 28.4. The molecule has 0 aromatic heterocycles. The highest BCUT2D eigenvalue weighted by atomic mass is 127. The maximum absolute atomic E-state index is 14.4. The standard InChI is InChI=1S/C42H41IO6S2/c1-2-50-40-39(46-26-29-13-5-3-6-14-29)38(45-27-30-21-22-31-15-9-10-17-33(31)25-30)37-36(48-40)28-47-42(49-37,34-18-7-4-8-19-34)41(44)51-24-23-32-16-11-12-20-35(32)43/h3-22,25,36-40H,2,23-24,26-28H2,1H3/t36-,37-,38+,39+,40-,42-/m1/s1. The van der Waals surface area contributed by atoms with Gasteiger partial charge in [0.25, 0.3) is 10.9 Å². The summed E-state index contributed by atoms with van der Waals surface area (Å²) in [5.41, 5.74) is 3.63. The number of carbonyl (C=O) groups is 1. The van der Waals surface area contributed by atoms with Crippen molar-refractivity contribution in [2.24, 2.45) is 0 Å². The molecule has 0 N–H and O–H groups in total. The Bertz CT molecular complexity index is 1900. The molecule has 2 aliphatic rings. The average Bonchev–Trinajstić information content (AvgIpc) is 3.17. The lowest BCUT2D eigenvalue weighted by atomic mass is 9.95. The van der Waals surface area contributed by atoms with Crippen LogP contribution in [0.15, 0.2) is 127 Å². The van der Waals surface area contributed by atoms with Crippen molar-refractivity contribution in [3.63, 3.8) is 0 Å². The molecular formula is C42H41IO6S2. The van der Waals surface area contributed by atoms with Gasteiger partial charge in [0.05, 0.1) is 19.8 Å². The molecule has 5 aromatic rings. The molecule has 0 aliphatic carbocycles. The van der Waals surface area contributed by atoms with E-state index in [0.717, 1.165) is 28.7 Å². The third kappa shape index (κ3) is 8.57. The van der Waals surface area contributed by atoms with Crippen LogP contribution >= 0.6 is 46.1 Å². The summed E-state index contributed by atoms with van der Waals surface area (Å²) in [7, 11) is 0. The first-order valence-electron chi connectivity index (χ1n) is 17.3. The van der Waals surface area contributed by atoms with Gasteiger partial charge in [-0.2, -0.15) is 0 Å². The zero-order chi connectivity index (χ0) is 35.0. The van der Waals surface area contributed by atoms with Crippen molar-refractivity contribution in [3.8, 4) is 0 Å². The topological polar surface area (TPSA) is 63.2 Å². The number of benzene rings is 5. The van der Waals surface area contributed by atoms with Crippen LogP contribution in [0.1, 0.15) is 29.2 Å². The van der Waals surface area contributed by atoms with Crippen LogP contribution in [0.5, 0.6) is 0 Å². The van der Waals surface area contributed by atoms with Crippen molar-refractivity contribution in [1.29, 1.82) is 0 Å². The number of halogens is 1. The Morgan fingerprint density at radius 1 is 0.804 bits per heavy atom. The van der Waals surface area contributed by atoms with E-state index < -0.39 is 30.2 Å². The van der Waals surface area contributed by atoms with E-state index in [4.69, 9.17) is 23.7 Å². The van der Waals surface area contributed by atoms with E-state index in [-0.39, 0.29) is 17.2 Å². The van der Waals surface area contributed by atoms with Crippen LogP contribution in [0.3, 0.4) is 0 Å². The predicted molar refractivity (Wildman–Crippen MR) is 214 cm³/mol. The van der Waals surface area contributed by atoms with E-state index in [1.165, 1.54) is 26.3 Å². The number of fused-ring (bicyclic) bond motifs is 2. The third-order valence-corrected chi connectivity index (χ3v) is 12.2. The predicted octanol–water partition coefficient (Wildman–Crippen LogP) is 9.16. The quantitative estimate of drug-likeness (QED) is 0.109. The summed E-state index contributed by atoms with van der Waals surface area (Å²) >= 11 is 5.27. The number of rotatable bonds is 13. The van der Waals surface area contributed by atoms with Gasteiger partial charge in [0, 0.05) is 14.9 Å². The van der Waals surface area contributed by atoms with E-state index in [2.05, 4.69) is 84.1 Å². The minimum atomic E-state index is -1.64. The molecule has 6 nitrogen and oxygen atoms in total. The minimum Gasteiger partial charge on any atom is -0.368 e. The van der Waals surface area contributed by atoms with Crippen molar-refractivity contribution in [2.45, 2.75) is 62.2 Å². The van der Waals surface area contributed by atoms with Gasteiger partial charge in [0.15, 0.2) is 0 Å². The Morgan fingerprint density at radius 2 is 1.49 bits per heavy atom. The second-order valence-corrected chi connectivity index (χ2v) is 16.2. The van der Waals surface area contributed by atoms with E-state index in [9.17, 15) is 4.79 Å². The molecular weight excluding hydrogens is 791 g/mol. The molecule has 5 aromatic carbocycles. The molecule has 7 rings (SSSR count). The lowest BCUT2D eigenvalue weighted by Crippen LogP contribution is -2.66. The summed E-state index contributed by atoms with van der Waals surface area (Å²) in [6.07, 6.45) is -1.40. The molecule has 0 unspecified atom stereocenters. The molecule has 0 radical (unpaired) electrons. The normalized spacial score (nSPS) is 24.6. The largest absolute Gasteiger partial charge is 0.368 e. The lowest BCUT2D eigenvalue weighted by molar-refractivity contribution is -0.358. The van der Waals surface area contributed by atoms with Gasteiger partial charge in [0.2, 0.25) is 0 Å². The second-order valence-electron chi connectivity index (χ2n) is 12.6. The summed E-state index contributed by atoms with van der Waals surface area (Å²) in [4.78, 5) is 14.4. The number of hydrogen-bond acceptors (Lipinski definition) is 8. The van der Waals surface area contributed by atoms with E-state index >= 15 is 0 Å². The van der Waals surface area contributed by atoms with E-state index in [0.29, 0.717) is 24.5 Å². The molecule has 0 spiro atoms. The first-order valence-corrected chi connectivity index (χ1v) is 20.4. The fourth-order valence-corrected chi connectivity index (χ4v) is 9.17. The van der Waals surface area contributed by atoms with Crippen LogP contribution in [0.25, 0.3) is 10.8 Å². The maximum atomic E-state index is 14.4. The van der Waals surface area contributed by atoms with Gasteiger partial charge in [-0.15, -0.1) is 11.8 Å². The van der Waals surface area contributed by atoms with Crippen molar-refractivity contribution in [3.05, 3.63) is 153 Å². The Kier molecular flexibility index (Phi) is 12.5. The summed E-state index contributed by atoms with van der Waals surface area (Å²) in [6.45, 7) is 3.01. The van der Waals surface area contributed by atoms with Crippen molar-refractivity contribution in [2.75, 3.05) is 18.1 Å². The smallest absolute Gasteiger partial charge is 0.267 e. The van der Waals surface area contributed by atoms with Crippen LogP contribution in [0.2, 0.25) is 0 Å². The molecule has 9 heteroatoms. The average molecular weight is 833 g/mol. The number of aryl methyl sites for hydroxylation is 1. The van der Waals surface area contributed by atoms with Crippen molar-refractivity contribution >= 4 is 62.0 Å². The maximum Gasteiger partial charge on any atom is 0.267 e. The van der Waals surface area contributed by atoms with Gasteiger partial charge in [-0.05, 0) is 74.4 Å². The molecule has 51 heavy (non-hydrogen) atoms. The molecule has 0 saturated carbocycles. The van der Waals surface area contributed by atoms with Crippen LogP contribution in [-0.2, 0) is 53.9 Å². The Labute approximate surface area is 322 Å². The molecule has 2 heterocycles. The molecule has 6 atom stereocenters. The highest BCUT2D eigenvalue weighted by molar-refractivity contribution is 14.1. The van der Waals surface area contributed by atoms with E-state index in [1.807, 2.05) is 72.8 Å². The SMILES string of the molecule is CCS[C@H]1O[C@@H]2CO[C@](C(=O)SCCc3ccccc3I)(c3ccccc3)O[C@H]2[C@H](OCc2ccc3ccccc3c2)[C@@H]1OCc1ccccc1. The second kappa shape index (κ2) is 17.4. The first kappa shape index (κ1) is 36.6. The van der Waals surface area contributed by atoms with Gasteiger partial charge in [0.1, 0.15) is 29.9 Å². The van der Waals surface area contributed by atoms with Crippen molar-refractivity contribution in [1.82, 2.24) is 0 Å². The van der Waals surface area contributed by atoms with Gasteiger partial charge in [-0.25, -0.2) is 0 Å². The third-order valence-electron chi connectivity index (χ3n) is 9.20. The molecule has 2 aliphatic heterocycles. The number of ether oxygens (including phenoxy) is 5. The van der Waals surface area contributed by atoms with Crippen LogP contribution in [0, 0.1) is 3.57 Å². The number of thioether (sulfide) groups is 2. The summed E-state index contributed by atoms with van der Waals surface area (Å²) < 4.78 is 35.1. The van der Waals surface area contributed by atoms with Crippen LogP contribution in [-0.4, -0.2) is 53.1 Å². The molecule has 2 saturated heterocycles. The summed E-state index contributed by atoms with van der Waals surface area (Å²) in [5.74, 6) is -0.222. The fraction of sp³-hybridized carbons (Fsp3) is 0.310. The molecule has 0 bridgehead atoms. The van der Waals surface area contributed by atoms with Crippen molar-refractivity contribution < 1.29 is 28.5 Å². The number of carbonyl (C=O) groups excluding carboxylic acids is 1. The molecule has 264 valence electrons. The summed E-state index contributed by atoms with van der Waals surface area (Å²) in [5, 5.41) is 2.13. The Balaban J connectivity index is 1.20. The Hall–Kier alpha value is -2.74.